The Morgan fingerprint density at radius 2 is 1.71 bits per heavy atom. The van der Waals surface area contributed by atoms with Crippen molar-refractivity contribution in [3.63, 3.8) is 0 Å². The maximum atomic E-state index is 12.6. The van der Waals surface area contributed by atoms with Gasteiger partial charge in [0.25, 0.3) is 5.91 Å². The summed E-state index contributed by atoms with van der Waals surface area (Å²) in [5.41, 5.74) is 3.57. The van der Waals surface area contributed by atoms with Crippen molar-refractivity contribution in [3.05, 3.63) is 95.6 Å². The van der Waals surface area contributed by atoms with Gasteiger partial charge in [0, 0.05) is 12.1 Å². The first-order chi connectivity index (χ1) is 13.6. The summed E-state index contributed by atoms with van der Waals surface area (Å²) < 4.78 is 5.85. The average molecular weight is 391 g/mol. The van der Waals surface area contributed by atoms with E-state index in [1.807, 2.05) is 55.5 Å². The van der Waals surface area contributed by atoms with E-state index in [2.05, 4.69) is 22.8 Å². The summed E-state index contributed by atoms with van der Waals surface area (Å²) in [6.45, 7) is 2.48. The van der Waals surface area contributed by atoms with Crippen molar-refractivity contribution in [2.45, 2.75) is 13.3 Å². The molecule has 0 aliphatic rings. The molecule has 0 saturated carbocycles. The molecule has 0 aromatic heterocycles. The van der Waals surface area contributed by atoms with Gasteiger partial charge < -0.3 is 10.1 Å². The number of carbonyl (C=O) groups is 1. The fourth-order valence-corrected chi connectivity index (χ4v) is 2.97. The van der Waals surface area contributed by atoms with E-state index in [-0.39, 0.29) is 11.0 Å². The Hall–Kier alpha value is -3.18. The molecule has 0 fully saturated rings. The van der Waals surface area contributed by atoms with Gasteiger partial charge in [0.2, 0.25) is 0 Å². The van der Waals surface area contributed by atoms with Crippen LogP contribution in [0.15, 0.2) is 78.9 Å². The van der Waals surface area contributed by atoms with Crippen molar-refractivity contribution in [1.29, 1.82) is 0 Å². The lowest BCUT2D eigenvalue weighted by Crippen LogP contribution is -2.34. The second-order valence-corrected chi connectivity index (χ2v) is 6.77. The number of amides is 1. The van der Waals surface area contributed by atoms with Crippen molar-refractivity contribution >= 4 is 28.9 Å². The van der Waals surface area contributed by atoms with Crippen LogP contribution in [0.4, 0.5) is 5.69 Å². The Morgan fingerprint density at radius 3 is 2.50 bits per heavy atom. The maximum absolute atomic E-state index is 12.6. The van der Waals surface area contributed by atoms with Gasteiger partial charge in [-0.3, -0.25) is 10.1 Å². The molecule has 0 bridgehead atoms. The molecule has 0 unspecified atom stereocenters. The van der Waals surface area contributed by atoms with Crippen LogP contribution in [0.5, 0.6) is 5.75 Å². The molecule has 5 heteroatoms. The summed E-state index contributed by atoms with van der Waals surface area (Å²) in [5.74, 6) is 0.231. The number of carbonyl (C=O) groups excluding carboxylic acids is 1. The first-order valence-corrected chi connectivity index (χ1v) is 9.47. The molecule has 0 heterocycles. The van der Waals surface area contributed by atoms with Crippen LogP contribution in [0.2, 0.25) is 0 Å². The van der Waals surface area contributed by atoms with Crippen LogP contribution in [-0.4, -0.2) is 17.6 Å². The molecular formula is C23H22N2O2S. The lowest BCUT2D eigenvalue weighted by atomic mass is 10.1. The second kappa shape index (κ2) is 9.67. The lowest BCUT2D eigenvalue weighted by molar-refractivity contribution is 0.0974. The normalized spacial score (nSPS) is 10.2. The highest BCUT2D eigenvalue weighted by molar-refractivity contribution is 7.80. The molecule has 3 aromatic carbocycles. The summed E-state index contributed by atoms with van der Waals surface area (Å²) >= 11 is 5.27. The monoisotopic (exact) mass is 390 g/mol. The van der Waals surface area contributed by atoms with Crippen LogP contribution < -0.4 is 15.4 Å². The van der Waals surface area contributed by atoms with Gasteiger partial charge in [0.15, 0.2) is 5.11 Å². The third-order valence-electron chi connectivity index (χ3n) is 4.13. The van der Waals surface area contributed by atoms with Crippen LogP contribution in [0.25, 0.3) is 0 Å². The van der Waals surface area contributed by atoms with Crippen molar-refractivity contribution < 1.29 is 9.53 Å². The van der Waals surface area contributed by atoms with Crippen LogP contribution >= 0.6 is 12.2 Å². The topological polar surface area (TPSA) is 50.4 Å². The van der Waals surface area contributed by atoms with Crippen molar-refractivity contribution in [2.75, 3.05) is 11.9 Å². The van der Waals surface area contributed by atoms with Crippen molar-refractivity contribution in [1.82, 2.24) is 5.32 Å². The van der Waals surface area contributed by atoms with Gasteiger partial charge in [0.05, 0.1) is 12.2 Å². The SMILES string of the molecule is Cc1cccc(NC(=S)NC(=O)c2ccccc2OCCc2ccccc2)c1. The first kappa shape index (κ1) is 19.6. The van der Waals surface area contributed by atoms with Gasteiger partial charge in [-0.1, -0.05) is 54.6 Å². The molecule has 2 N–H and O–H groups in total. The highest BCUT2D eigenvalue weighted by Crippen LogP contribution is 2.18. The number of para-hydroxylation sites is 1. The van der Waals surface area contributed by atoms with Crippen LogP contribution in [0.1, 0.15) is 21.5 Å². The Morgan fingerprint density at radius 1 is 0.964 bits per heavy atom. The van der Waals surface area contributed by atoms with Gasteiger partial charge in [-0.05, 0) is 54.5 Å². The average Bonchev–Trinajstić information content (AvgIpc) is 2.69. The van der Waals surface area contributed by atoms with Crippen LogP contribution in [-0.2, 0) is 6.42 Å². The van der Waals surface area contributed by atoms with Crippen LogP contribution in [0.3, 0.4) is 0 Å². The van der Waals surface area contributed by atoms with Crippen LogP contribution in [0, 0.1) is 6.92 Å². The third kappa shape index (κ3) is 5.66. The zero-order valence-electron chi connectivity index (χ0n) is 15.6. The number of rotatable bonds is 6. The van der Waals surface area contributed by atoms with Crippen molar-refractivity contribution in [3.8, 4) is 5.75 Å². The van der Waals surface area contributed by atoms with Gasteiger partial charge in [-0.2, -0.15) is 0 Å². The van der Waals surface area contributed by atoms with E-state index in [4.69, 9.17) is 17.0 Å². The zero-order chi connectivity index (χ0) is 19.8. The summed E-state index contributed by atoms with van der Waals surface area (Å²) in [5, 5.41) is 5.99. The molecule has 4 nitrogen and oxygen atoms in total. The van der Waals surface area contributed by atoms with Gasteiger partial charge in [-0.15, -0.1) is 0 Å². The molecule has 142 valence electrons. The molecule has 0 aliphatic heterocycles. The molecule has 28 heavy (non-hydrogen) atoms. The van der Waals surface area contributed by atoms with Gasteiger partial charge in [0.1, 0.15) is 5.75 Å². The standard InChI is InChI=1S/C23H22N2O2S/c1-17-8-7-11-19(16-17)24-23(28)25-22(26)20-12-5-6-13-21(20)27-15-14-18-9-3-2-4-10-18/h2-13,16H,14-15H2,1H3,(H2,24,25,26,28). The Balaban J connectivity index is 1.59. The molecule has 3 aromatic rings. The predicted octanol–water partition coefficient (Wildman–Crippen LogP) is 4.74. The summed E-state index contributed by atoms with van der Waals surface area (Å²) in [4.78, 5) is 12.6. The number of anilines is 1. The molecule has 0 spiro atoms. The number of hydrogen-bond acceptors (Lipinski definition) is 3. The fourth-order valence-electron chi connectivity index (χ4n) is 2.76. The molecular weight excluding hydrogens is 368 g/mol. The number of ether oxygens (including phenoxy) is 1. The molecule has 3 rings (SSSR count). The van der Waals surface area contributed by atoms with Gasteiger partial charge in [-0.25, -0.2) is 0 Å². The number of benzene rings is 3. The maximum Gasteiger partial charge on any atom is 0.261 e. The molecule has 1 amide bonds. The van der Waals surface area contributed by atoms with E-state index < -0.39 is 0 Å². The Labute approximate surface area is 170 Å². The quantitative estimate of drug-likeness (QED) is 0.597. The molecule has 0 aliphatic carbocycles. The van der Waals surface area contributed by atoms with E-state index in [1.165, 1.54) is 5.56 Å². The minimum atomic E-state index is -0.305. The van der Waals surface area contributed by atoms with E-state index in [9.17, 15) is 4.79 Å². The van der Waals surface area contributed by atoms with Crippen molar-refractivity contribution in [2.24, 2.45) is 0 Å². The number of aryl methyl sites for hydroxylation is 1. The fraction of sp³-hybridized carbons (Fsp3) is 0.130. The van der Waals surface area contributed by atoms with Gasteiger partial charge >= 0.3 is 0 Å². The van der Waals surface area contributed by atoms with E-state index in [1.54, 1.807) is 18.2 Å². The molecule has 0 saturated heterocycles. The summed E-state index contributed by atoms with van der Waals surface area (Å²) in [6.07, 6.45) is 0.768. The van der Waals surface area contributed by atoms with E-state index >= 15 is 0 Å². The lowest BCUT2D eigenvalue weighted by Gasteiger charge is -2.13. The van der Waals surface area contributed by atoms with E-state index in [0.29, 0.717) is 17.9 Å². The zero-order valence-corrected chi connectivity index (χ0v) is 16.5. The third-order valence-corrected chi connectivity index (χ3v) is 4.33. The highest BCUT2D eigenvalue weighted by Gasteiger charge is 2.13. The number of thiocarbonyl (C=S) groups is 1. The highest BCUT2D eigenvalue weighted by atomic mass is 32.1. The minimum Gasteiger partial charge on any atom is -0.492 e. The Kier molecular flexibility index (Phi) is 6.76. The summed E-state index contributed by atoms with van der Waals surface area (Å²) in [6, 6.07) is 25.0. The second-order valence-electron chi connectivity index (χ2n) is 6.36. The first-order valence-electron chi connectivity index (χ1n) is 9.06. The van der Waals surface area contributed by atoms with E-state index in [0.717, 1.165) is 17.7 Å². The predicted molar refractivity (Wildman–Crippen MR) is 117 cm³/mol. The number of hydrogen-bond donors (Lipinski definition) is 2. The number of nitrogens with one attached hydrogen (secondary N) is 2. The summed E-state index contributed by atoms with van der Waals surface area (Å²) in [7, 11) is 0. The Bertz CT molecular complexity index is 958. The minimum absolute atomic E-state index is 0.245. The largest absolute Gasteiger partial charge is 0.492 e. The smallest absolute Gasteiger partial charge is 0.261 e. The molecule has 0 atom stereocenters. The molecule has 0 radical (unpaired) electrons.